The summed E-state index contributed by atoms with van der Waals surface area (Å²) < 4.78 is 23.2. The molecule has 0 amide bonds. The average Bonchev–Trinajstić information content (AvgIpc) is 2.24. The molecule has 0 aromatic heterocycles. The van der Waals surface area contributed by atoms with Gasteiger partial charge in [-0.3, -0.25) is 4.90 Å². The molecular weight excluding hydrogens is 256 g/mol. The summed E-state index contributed by atoms with van der Waals surface area (Å²) in [5, 5.41) is -0.193. The highest BCUT2D eigenvalue weighted by atomic mass is 32.2. The van der Waals surface area contributed by atoms with Crippen LogP contribution in [0, 0.1) is 0 Å². The molecule has 6 heteroatoms. The predicted octanol–water partition coefficient (Wildman–Crippen LogP) is 0.950. The van der Waals surface area contributed by atoms with E-state index in [0.717, 1.165) is 32.2 Å². The van der Waals surface area contributed by atoms with Gasteiger partial charge in [0.15, 0.2) is 0 Å². The molecule has 0 saturated heterocycles. The Hall–Kier alpha value is -0.200. The first-order valence-electron chi connectivity index (χ1n) is 6.05. The Morgan fingerprint density at radius 1 is 1.47 bits per heavy atom. The van der Waals surface area contributed by atoms with Crippen LogP contribution < -0.4 is 5.73 Å². The molecule has 1 aliphatic carbocycles. The quantitative estimate of drug-likeness (QED) is 0.759. The molecule has 17 heavy (non-hydrogen) atoms. The van der Waals surface area contributed by atoms with Crippen LogP contribution >= 0.6 is 12.2 Å². The number of likely N-dealkylation sites (N-methyl/N-ethyl adjacent to an activating group) is 1. The van der Waals surface area contributed by atoms with Crippen LogP contribution in [-0.2, 0) is 9.84 Å². The molecule has 2 unspecified atom stereocenters. The van der Waals surface area contributed by atoms with Crippen LogP contribution in [0.3, 0.4) is 0 Å². The molecule has 4 nitrogen and oxygen atoms in total. The summed E-state index contributed by atoms with van der Waals surface area (Å²) in [5.41, 5.74) is 5.57. The fourth-order valence-electron chi connectivity index (χ4n) is 2.54. The summed E-state index contributed by atoms with van der Waals surface area (Å²) >= 11 is 4.93. The average molecular weight is 278 g/mol. The highest BCUT2D eigenvalue weighted by Crippen LogP contribution is 2.27. The van der Waals surface area contributed by atoms with Crippen LogP contribution in [0.15, 0.2) is 0 Å². The van der Waals surface area contributed by atoms with Crippen LogP contribution in [0.1, 0.15) is 32.6 Å². The van der Waals surface area contributed by atoms with E-state index in [0.29, 0.717) is 17.6 Å². The lowest BCUT2D eigenvalue weighted by Gasteiger charge is -2.36. The highest BCUT2D eigenvalue weighted by molar-refractivity contribution is 7.91. The monoisotopic (exact) mass is 278 g/mol. The van der Waals surface area contributed by atoms with Crippen molar-refractivity contribution in [3.8, 4) is 0 Å². The molecule has 1 aliphatic rings. The van der Waals surface area contributed by atoms with Crippen molar-refractivity contribution in [3.05, 3.63) is 0 Å². The maximum atomic E-state index is 11.6. The Morgan fingerprint density at radius 2 is 2.12 bits per heavy atom. The normalized spacial score (nSPS) is 26.1. The number of hydrogen-bond acceptors (Lipinski definition) is 4. The van der Waals surface area contributed by atoms with Gasteiger partial charge in [0.1, 0.15) is 9.84 Å². The smallest absolute Gasteiger partial charge is 0.150 e. The lowest BCUT2D eigenvalue weighted by Crippen LogP contribution is -2.45. The second kappa shape index (κ2) is 6.11. The van der Waals surface area contributed by atoms with Crippen molar-refractivity contribution >= 4 is 27.0 Å². The lowest BCUT2D eigenvalue weighted by molar-refractivity contribution is 0.187. The Morgan fingerprint density at radius 3 is 2.59 bits per heavy atom. The van der Waals surface area contributed by atoms with Crippen LogP contribution in [0.25, 0.3) is 0 Å². The van der Waals surface area contributed by atoms with Gasteiger partial charge in [-0.05, 0) is 25.8 Å². The third-order valence-electron chi connectivity index (χ3n) is 3.49. The zero-order valence-corrected chi connectivity index (χ0v) is 12.2. The van der Waals surface area contributed by atoms with E-state index < -0.39 is 9.84 Å². The van der Waals surface area contributed by atoms with Crippen molar-refractivity contribution in [2.24, 2.45) is 5.73 Å². The van der Waals surface area contributed by atoms with Gasteiger partial charge in [-0.1, -0.05) is 25.6 Å². The molecule has 1 rings (SSSR count). The third kappa shape index (κ3) is 4.52. The second-order valence-corrected chi connectivity index (χ2v) is 7.65. The number of hydrogen-bond donors (Lipinski definition) is 1. The molecule has 0 radical (unpaired) electrons. The van der Waals surface area contributed by atoms with E-state index in [-0.39, 0.29) is 5.25 Å². The maximum Gasteiger partial charge on any atom is 0.150 e. The lowest BCUT2D eigenvalue weighted by atomic mass is 9.93. The van der Waals surface area contributed by atoms with Gasteiger partial charge in [0.25, 0.3) is 0 Å². The van der Waals surface area contributed by atoms with Gasteiger partial charge >= 0.3 is 0 Å². The summed E-state index contributed by atoms with van der Waals surface area (Å²) in [4.78, 5) is 2.67. The van der Waals surface area contributed by atoms with E-state index in [1.807, 2.05) is 0 Å². The molecule has 0 heterocycles. The molecule has 0 aromatic rings. The standard InChI is InChI=1S/C11H22N2O2S2/c1-3-13(8-11(12)16)9-5-4-6-10(7-9)17(2,14)15/h9-10H,3-8H2,1-2H3,(H2,12,16). The van der Waals surface area contributed by atoms with Crippen LogP contribution in [0.5, 0.6) is 0 Å². The fraction of sp³-hybridized carbons (Fsp3) is 0.909. The molecule has 1 saturated carbocycles. The van der Waals surface area contributed by atoms with Crippen LogP contribution in [0.4, 0.5) is 0 Å². The van der Waals surface area contributed by atoms with Gasteiger partial charge in [0.05, 0.1) is 10.2 Å². The van der Waals surface area contributed by atoms with Gasteiger partial charge in [-0.15, -0.1) is 0 Å². The Labute approximate surface area is 109 Å². The molecule has 0 spiro atoms. The molecule has 2 N–H and O–H groups in total. The number of rotatable bonds is 5. The molecule has 1 fully saturated rings. The summed E-state index contributed by atoms with van der Waals surface area (Å²) in [6.07, 6.45) is 4.86. The minimum absolute atomic E-state index is 0.193. The molecule has 0 aliphatic heterocycles. The van der Waals surface area contributed by atoms with Gasteiger partial charge in [0.2, 0.25) is 0 Å². The first-order chi connectivity index (χ1) is 7.84. The number of sulfone groups is 1. The van der Waals surface area contributed by atoms with Crippen LogP contribution in [0.2, 0.25) is 0 Å². The number of thiocarbonyl (C=S) groups is 1. The first-order valence-corrected chi connectivity index (χ1v) is 8.42. The molecule has 0 aromatic carbocycles. The van der Waals surface area contributed by atoms with Crippen molar-refractivity contribution in [3.63, 3.8) is 0 Å². The van der Waals surface area contributed by atoms with Gasteiger partial charge < -0.3 is 5.73 Å². The van der Waals surface area contributed by atoms with Crippen molar-refractivity contribution in [1.29, 1.82) is 0 Å². The van der Waals surface area contributed by atoms with Crippen molar-refractivity contribution in [2.75, 3.05) is 19.3 Å². The van der Waals surface area contributed by atoms with E-state index in [9.17, 15) is 8.42 Å². The molecule has 2 atom stereocenters. The van der Waals surface area contributed by atoms with E-state index in [1.165, 1.54) is 6.26 Å². The first kappa shape index (κ1) is 14.9. The van der Waals surface area contributed by atoms with Gasteiger partial charge in [0, 0.05) is 18.8 Å². The summed E-state index contributed by atoms with van der Waals surface area (Å²) in [6, 6.07) is 0.301. The summed E-state index contributed by atoms with van der Waals surface area (Å²) in [5.74, 6) is 0. The fourth-order valence-corrected chi connectivity index (χ4v) is 3.87. The van der Waals surface area contributed by atoms with Crippen LogP contribution in [-0.4, -0.2) is 48.9 Å². The van der Waals surface area contributed by atoms with Gasteiger partial charge in [-0.25, -0.2) is 8.42 Å². The Bertz CT molecular complexity index is 368. The third-order valence-corrected chi connectivity index (χ3v) is 5.25. The summed E-state index contributed by atoms with van der Waals surface area (Å²) in [6.45, 7) is 3.51. The van der Waals surface area contributed by atoms with Gasteiger partial charge in [-0.2, -0.15) is 0 Å². The minimum Gasteiger partial charge on any atom is -0.392 e. The molecule has 0 bridgehead atoms. The van der Waals surface area contributed by atoms with E-state index in [2.05, 4.69) is 11.8 Å². The molecule has 100 valence electrons. The Balaban J connectivity index is 2.67. The number of nitrogens with two attached hydrogens (primary N) is 1. The largest absolute Gasteiger partial charge is 0.392 e. The second-order valence-electron chi connectivity index (χ2n) is 4.80. The zero-order valence-electron chi connectivity index (χ0n) is 10.6. The Kier molecular flexibility index (Phi) is 5.34. The number of nitrogens with zero attached hydrogens (tertiary/aromatic N) is 1. The zero-order chi connectivity index (χ0) is 13.1. The topological polar surface area (TPSA) is 63.4 Å². The molecular formula is C11H22N2O2S2. The minimum atomic E-state index is -2.92. The summed E-state index contributed by atoms with van der Waals surface area (Å²) in [7, 11) is -2.92. The van der Waals surface area contributed by atoms with E-state index in [1.54, 1.807) is 0 Å². The SMILES string of the molecule is CCN(CC(N)=S)C1CCCC(S(C)(=O)=O)C1. The highest BCUT2D eigenvalue weighted by Gasteiger charge is 2.31. The van der Waals surface area contributed by atoms with Crippen molar-refractivity contribution < 1.29 is 8.42 Å². The van der Waals surface area contributed by atoms with E-state index >= 15 is 0 Å². The predicted molar refractivity (Wildman–Crippen MR) is 74.9 cm³/mol. The van der Waals surface area contributed by atoms with Crippen molar-refractivity contribution in [1.82, 2.24) is 4.90 Å². The van der Waals surface area contributed by atoms with E-state index in [4.69, 9.17) is 18.0 Å². The maximum absolute atomic E-state index is 11.6. The van der Waals surface area contributed by atoms with Crippen molar-refractivity contribution in [2.45, 2.75) is 43.9 Å².